The molecule has 0 saturated carbocycles. The molecule has 2 amide bonds. The Labute approximate surface area is 252 Å². The smallest absolute Gasteiger partial charge is 0.254 e. The lowest BCUT2D eigenvalue weighted by molar-refractivity contribution is -0.115. The average Bonchev–Trinajstić information content (AvgIpc) is 3.78. The summed E-state index contributed by atoms with van der Waals surface area (Å²) in [7, 11) is 1.56. The Morgan fingerprint density at radius 3 is 2.55 bits per heavy atom. The maximum Gasteiger partial charge on any atom is 0.254 e. The minimum atomic E-state index is -0.332. The van der Waals surface area contributed by atoms with E-state index < -0.39 is 0 Å². The first kappa shape index (κ1) is 27.5. The molecule has 11 heteroatoms. The van der Waals surface area contributed by atoms with E-state index in [9.17, 15) is 14.0 Å². The summed E-state index contributed by atoms with van der Waals surface area (Å²) >= 11 is 0. The fourth-order valence-electron chi connectivity index (χ4n) is 5.71. The number of fused-ring (bicyclic) bond motifs is 3. The number of hydrogen-bond donors (Lipinski definition) is 2. The summed E-state index contributed by atoms with van der Waals surface area (Å²) in [6.07, 6.45) is 3.07. The minimum absolute atomic E-state index is 0.0237. The number of nitrogens with zero attached hydrogens (tertiary/aromatic N) is 4. The third-order valence-corrected chi connectivity index (χ3v) is 7.97. The Bertz CT molecular complexity index is 1860. The van der Waals surface area contributed by atoms with Crippen LogP contribution >= 0.6 is 0 Å². The molecule has 5 aromatic rings. The lowest BCUT2D eigenvalue weighted by Crippen LogP contribution is -2.41. The molecule has 222 valence electrons. The van der Waals surface area contributed by atoms with Crippen LogP contribution in [0.4, 0.5) is 21.7 Å². The number of ether oxygens (including phenoxy) is 2. The summed E-state index contributed by atoms with van der Waals surface area (Å²) in [5, 5.41) is 10.7. The molecular weight excluding hydrogens is 563 g/mol. The number of methoxy groups -OCH3 is 1. The normalized spacial score (nSPS) is 17.2. The second kappa shape index (κ2) is 11.4. The van der Waals surface area contributed by atoms with Crippen molar-refractivity contribution in [2.75, 3.05) is 30.9 Å². The molecule has 1 unspecified atom stereocenters. The molecule has 3 aromatic carbocycles. The molecule has 44 heavy (non-hydrogen) atoms. The molecule has 0 radical (unpaired) electrons. The number of aromatic nitrogens is 3. The molecule has 0 aliphatic carbocycles. The van der Waals surface area contributed by atoms with Crippen LogP contribution in [0.5, 0.6) is 5.75 Å². The van der Waals surface area contributed by atoms with Crippen molar-refractivity contribution in [2.24, 2.45) is 0 Å². The largest absolute Gasteiger partial charge is 0.495 e. The lowest BCUT2D eigenvalue weighted by atomic mass is 10.1. The van der Waals surface area contributed by atoms with Crippen molar-refractivity contribution in [3.05, 3.63) is 102 Å². The summed E-state index contributed by atoms with van der Waals surface area (Å²) in [5.74, 6) is 0.360. The van der Waals surface area contributed by atoms with E-state index in [-0.39, 0.29) is 36.2 Å². The number of benzene rings is 3. The number of nitrogens with one attached hydrogen (secondary N) is 2. The third-order valence-electron chi connectivity index (χ3n) is 7.97. The van der Waals surface area contributed by atoms with Crippen LogP contribution in [0.2, 0.25) is 0 Å². The molecule has 2 fully saturated rings. The van der Waals surface area contributed by atoms with E-state index in [4.69, 9.17) is 9.47 Å². The fraction of sp³-hybridized carbons (Fsp3) is 0.212. The molecule has 2 aliphatic heterocycles. The van der Waals surface area contributed by atoms with Crippen molar-refractivity contribution >= 4 is 34.8 Å². The number of morpholine rings is 1. The number of hydrogen-bond acceptors (Lipinski definition) is 7. The van der Waals surface area contributed by atoms with Crippen molar-refractivity contribution in [3.63, 3.8) is 0 Å². The number of rotatable bonds is 8. The number of anilines is 3. The summed E-state index contributed by atoms with van der Waals surface area (Å²) < 4.78 is 26.0. The number of likely N-dealkylation sites (tertiary alicyclic amines) is 1. The molecule has 2 bridgehead atoms. The van der Waals surface area contributed by atoms with E-state index in [0.29, 0.717) is 47.4 Å². The van der Waals surface area contributed by atoms with E-state index in [1.165, 1.54) is 12.1 Å². The highest BCUT2D eigenvalue weighted by molar-refractivity contribution is 5.96. The van der Waals surface area contributed by atoms with Gasteiger partial charge in [-0.1, -0.05) is 24.3 Å². The maximum absolute atomic E-state index is 13.1. The van der Waals surface area contributed by atoms with Gasteiger partial charge in [-0.05, 0) is 72.1 Å². The summed E-state index contributed by atoms with van der Waals surface area (Å²) in [6, 6.07) is 22.7. The molecule has 2 aliphatic rings. The first-order valence-electron chi connectivity index (χ1n) is 14.3. The fourth-order valence-corrected chi connectivity index (χ4v) is 5.71. The zero-order valence-corrected chi connectivity index (χ0v) is 23.9. The number of pyridine rings is 1. The monoisotopic (exact) mass is 592 g/mol. The number of amides is 2. The molecular formula is C33H29FN6O4. The van der Waals surface area contributed by atoms with Crippen LogP contribution in [0.25, 0.3) is 16.8 Å². The van der Waals surface area contributed by atoms with E-state index in [0.717, 1.165) is 23.1 Å². The summed E-state index contributed by atoms with van der Waals surface area (Å²) in [4.78, 5) is 32.0. The van der Waals surface area contributed by atoms with Crippen molar-refractivity contribution in [1.29, 1.82) is 0 Å². The maximum atomic E-state index is 13.1. The predicted octanol–water partition coefficient (Wildman–Crippen LogP) is 5.08. The van der Waals surface area contributed by atoms with Crippen LogP contribution in [-0.2, 0) is 16.0 Å². The minimum Gasteiger partial charge on any atom is -0.495 e. The van der Waals surface area contributed by atoms with Crippen LogP contribution in [0.15, 0.2) is 85.1 Å². The Balaban J connectivity index is 1.02. The van der Waals surface area contributed by atoms with Crippen LogP contribution in [0.1, 0.15) is 22.3 Å². The van der Waals surface area contributed by atoms with Gasteiger partial charge >= 0.3 is 0 Å². The Kier molecular flexibility index (Phi) is 7.15. The average molecular weight is 593 g/mol. The molecule has 2 N–H and O–H groups in total. The van der Waals surface area contributed by atoms with Gasteiger partial charge in [-0.15, -0.1) is 5.10 Å². The Morgan fingerprint density at radius 2 is 1.82 bits per heavy atom. The number of carbonyl (C=O) groups excluding carboxylic acids is 2. The predicted molar refractivity (Wildman–Crippen MR) is 163 cm³/mol. The summed E-state index contributed by atoms with van der Waals surface area (Å²) in [5.41, 5.74) is 5.11. The lowest BCUT2D eigenvalue weighted by Gasteiger charge is -2.27. The highest BCUT2D eigenvalue weighted by atomic mass is 19.1. The van der Waals surface area contributed by atoms with E-state index >= 15 is 0 Å². The molecule has 10 nitrogen and oxygen atoms in total. The van der Waals surface area contributed by atoms with Gasteiger partial charge < -0.3 is 25.0 Å². The van der Waals surface area contributed by atoms with Gasteiger partial charge in [-0.2, -0.15) is 4.98 Å². The van der Waals surface area contributed by atoms with E-state index in [2.05, 4.69) is 20.7 Å². The van der Waals surface area contributed by atoms with Crippen LogP contribution < -0.4 is 15.4 Å². The van der Waals surface area contributed by atoms with Gasteiger partial charge in [0, 0.05) is 29.6 Å². The number of halogens is 1. The second-order valence-corrected chi connectivity index (χ2v) is 10.9. The molecule has 0 spiro atoms. The van der Waals surface area contributed by atoms with Crippen LogP contribution in [0.3, 0.4) is 0 Å². The first-order chi connectivity index (χ1) is 21.4. The molecule has 2 aromatic heterocycles. The van der Waals surface area contributed by atoms with Crippen molar-refractivity contribution < 1.29 is 23.5 Å². The SMILES string of the molecule is COc1cc(C(=O)N2C[C@@H]3CC2CO3)ccc1Nc1nc2ccc(-c3ccc(NC(=O)Cc4ccc(F)cc4)cc3)cn2n1. The van der Waals surface area contributed by atoms with Gasteiger partial charge in [0.1, 0.15) is 11.6 Å². The molecule has 4 heterocycles. The van der Waals surface area contributed by atoms with Gasteiger partial charge in [-0.25, -0.2) is 8.91 Å². The highest BCUT2D eigenvalue weighted by Crippen LogP contribution is 2.32. The standard InChI is InChI=1S/C33H29FN6O4/c1-43-29-15-22(32(42)39-18-27-16-26(39)19-44-27)6-12-28(29)36-33-37-30-13-7-23(17-40(30)38-33)21-4-10-25(11-5-21)35-31(41)14-20-2-8-24(34)9-3-20/h2-13,15,17,26-27H,14,16,18-19H2,1H3,(H,35,41)(H,36,38)/t26?,27-/m0/s1. The first-order valence-corrected chi connectivity index (χ1v) is 14.3. The molecule has 2 saturated heterocycles. The molecule has 7 rings (SSSR count). The van der Waals surface area contributed by atoms with Crippen molar-refractivity contribution in [2.45, 2.75) is 25.0 Å². The molecule has 2 atom stereocenters. The van der Waals surface area contributed by atoms with Gasteiger partial charge in [0.2, 0.25) is 11.9 Å². The van der Waals surface area contributed by atoms with Gasteiger partial charge in [0.05, 0.1) is 38.0 Å². The van der Waals surface area contributed by atoms with Gasteiger partial charge in [0.15, 0.2) is 5.65 Å². The Morgan fingerprint density at radius 1 is 1.02 bits per heavy atom. The second-order valence-electron chi connectivity index (χ2n) is 10.9. The highest BCUT2D eigenvalue weighted by Gasteiger charge is 2.41. The zero-order valence-electron chi connectivity index (χ0n) is 23.9. The third kappa shape index (κ3) is 5.57. The quantitative estimate of drug-likeness (QED) is 0.259. The zero-order chi connectivity index (χ0) is 30.2. The number of carbonyl (C=O) groups is 2. The van der Waals surface area contributed by atoms with Gasteiger partial charge in [0.25, 0.3) is 5.91 Å². The van der Waals surface area contributed by atoms with Crippen LogP contribution in [0, 0.1) is 5.82 Å². The van der Waals surface area contributed by atoms with E-state index in [1.807, 2.05) is 47.5 Å². The van der Waals surface area contributed by atoms with E-state index in [1.54, 1.807) is 42.0 Å². The van der Waals surface area contributed by atoms with Crippen LogP contribution in [-0.4, -0.2) is 63.7 Å². The summed E-state index contributed by atoms with van der Waals surface area (Å²) in [6.45, 7) is 1.22. The van der Waals surface area contributed by atoms with Gasteiger partial charge in [-0.3, -0.25) is 9.59 Å². The topological polar surface area (TPSA) is 110 Å². The van der Waals surface area contributed by atoms with Crippen molar-refractivity contribution in [3.8, 4) is 16.9 Å². The van der Waals surface area contributed by atoms with Crippen molar-refractivity contribution in [1.82, 2.24) is 19.5 Å². The Hall–Kier alpha value is -5.29.